The van der Waals surface area contributed by atoms with Gasteiger partial charge in [-0.3, -0.25) is 4.90 Å². The van der Waals surface area contributed by atoms with E-state index >= 15 is 0 Å². The van der Waals surface area contributed by atoms with E-state index in [4.69, 9.17) is 4.74 Å². The number of hydrogen-bond donors (Lipinski definition) is 0. The van der Waals surface area contributed by atoms with Crippen molar-refractivity contribution in [1.29, 1.82) is 0 Å². The zero-order valence-electron chi connectivity index (χ0n) is 13.3. The molecule has 3 aliphatic heterocycles. The molecule has 0 aromatic heterocycles. The van der Waals surface area contributed by atoms with Gasteiger partial charge >= 0.3 is 0 Å². The van der Waals surface area contributed by atoms with Crippen LogP contribution in [0.2, 0.25) is 0 Å². The summed E-state index contributed by atoms with van der Waals surface area (Å²) < 4.78 is 45.5. The molecule has 7 heteroatoms. The highest BCUT2D eigenvalue weighted by atomic mass is 32.2. The number of sulfonamides is 1. The van der Waals surface area contributed by atoms with Gasteiger partial charge in [0.1, 0.15) is 5.82 Å². The lowest BCUT2D eigenvalue weighted by atomic mass is 9.95. The summed E-state index contributed by atoms with van der Waals surface area (Å²) in [6.07, 6.45) is 2.08. The monoisotopic (exact) mass is 342 g/mol. The molecular formula is C16H23FN2O3S. The molecule has 1 aromatic rings. The summed E-state index contributed by atoms with van der Waals surface area (Å²) in [5, 5.41) is 0. The summed E-state index contributed by atoms with van der Waals surface area (Å²) in [4.78, 5) is 2.52. The fourth-order valence-corrected chi connectivity index (χ4v) is 5.12. The van der Waals surface area contributed by atoms with Crippen molar-refractivity contribution in [2.24, 2.45) is 5.92 Å². The number of rotatable bonds is 5. The van der Waals surface area contributed by atoms with E-state index in [2.05, 4.69) is 4.90 Å². The Hall–Kier alpha value is -1.02. The van der Waals surface area contributed by atoms with Gasteiger partial charge in [0, 0.05) is 39.3 Å². The number of methoxy groups -OCH3 is 1. The molecule has 23 heavy (non-hydrogen) atoms. The number of fused-ring (bicyclic) bond motifs is 4. The first-order chi connectivity index (χ1) is 11.0. The van der Waals surface area contributed by atoms with Crippen LogP contribution >= 0.6 is 0 Å². The topological polar surface area (TPSA) is 49.9 Å². The van der Waals surface area contributed by atoms with E-state index in [0.717, 1.165) is 25.9 Å². The molecular weight excluding hydrogens is 319 g/mol. The molecule has 3 heterocycles. The average molecular weight is 342 g/mol. The maximum absolute atomic E-state index is 13.1. The molecule has 0 N–H and O–H groups in total. The molecule has 3 saturated heterocycles. The molecule has 3 aliphatic rings. The molecule has 0 radical (unpaired) electrons. The van der Waals surface area contributed by atoms with Crippen LogP contribution in [0.4, 0.5) is 4.39 Å². The van der Waals surface area contributed by atoms with Crippen molar-refractivity contribution in [3.8, 4) is 0 Å². The van der Waals surface area contributed by atoms with E-state index < -0.39 is 15.8 Å². The van der Waals surface area contributed by atoms with E-state index in [-0.39, 0.29) is 10.9 Å². The second-order valence-corrected chi connectivity index (χ2v) is 8.30. The van der Waals surface area contributed by atoms with Crippen molar-refractivity contribution in [3.05, 3.63) is 30.1 Å². The van der Waals surface area contributed by atoms with Crippen LogP contribution in [-0.2, 0) is 14.8 Å². The number of halogens is 1. The van der Waals surface area contributed by atoms with Crippen LogP contribution in [0, 0.1) is 11.7 Å². The van der Waals surface area contributed by atoms with Gasteiger partial charge in [-0.2, -0.15) is 4.31 Å². The van der Waals surface area contributed by atoms with Gasteiger partial charge in [0.15, 0.2) is 0 Å². The van der Waals surface area contributed by atoms with Crippen molar-refractivity contribution >= 4 is 10.0 Å². The van der Waals surface area contributed by atoms with Crippen LogP contribution in [0.25, 0.3) is 0 Å². The van der Waals surface area contributed by atoms with Crippen LogP contribution in [-0.4, -0.2) is 63.6 Å². The van der Waals surface area contributed by atoms with E-state index in [1.165, 1.54) is 24.3 Å². The van der Waals surface area contributed by atoms with E-state index in [0.29, 0.717) is 25.6 Å². The van der Waals surface area contributed by atoms with Crippen LogP contribution in [0.3, 0.4) is 0 Å². The number of benzene rings is 1. The highest BCUT2D eigenvalue weighted by molar-refractivity contribution is 7.89. The van der Waals surface area contributed by atoms with E-state index in [9.17, 15) is 12.8 Å². The number of ether oxygens (including phenoxy) is 1. The smallest absolute Gasteiger partial charge is 0.243 e. The normalized spacial score (nSPS) is 26.3. The van der Waals surface area contributed by atoms with Crippen molar-refractivity contribution in [1.82, 2.24) is 9.21 Å². The fourth-order valence-electron chi connectivity index (χ4n) is 3.57. The molecule has 2 atom stereocenters. The molecule has 0 spiro atoms. The highest BCUT2D eigenvalue weighted by Gasteiger charge is 2.39. The largest absolute Gasteiger partial charge is 0.383 e. The molecule has 0 aliphatic carbocycles. The Kier molecular flexibility index (Phi) is 5.01. The summed E-state index contributed by atoms with van der Waals surface area (Å²) in [6, 6.07) is 5.33. The van der Waals surface area contributed by atoms with Crippen LogP contribution in [0.1, 0.15) is 12.8 Å². The second kappa shape index (κ2) is 6.84. The van der Waals surface area contributed by atoms with Gasteiger partial charge in [0.25, 0.3) is 0 Å². The number of nitrogens with zero attached hydrogens (tertiary/aromatic N) is 2. The standard InChI is InChI=1S/C16H23FN2O3S/c1-22-9-8-18-10-13-2-5-15(18)12-19(11-13)23(20,21)16-6-3-14(17)4-7-16/h3-4,6-7,13,15H,2,5,8-12H2,1H3/t13-,15-/m1/s1. The zero-order valence-corrected chi connectivity index (χ0v) is 14.1. The summed E-state index contributed by atoms with van der Waals surface area (Å²) in [5.41, 5.74) is 0. The summed E-state index contributed by atoms with van der Waals surface area (Å²) >= 11 is 0. The molecule has 128 valence electrons. The lowest BCUT2D eigenvalue weighted by molar-refractivity contribution is 0.0881. The summed E-state index contributed by atoms with van der Waals surface area (Å²) in [7, 11) is -1.88. The average Bonchev–Trinajstić information content (AvgIpc) is 2.85. The quantitative estimate of drug-likeness (QED) is 0.815. The van der Waals surface area contributed by atoms with Gasteiger partial charge in [0.2, 0.25) is 10.0 Å². The van der Waals surface area contributed by atoms with Gasteiger partial charge in [-0.15, -0.1) is 0 Å². The lowest BCUT2D eigenvalue weighted by Gasteiger charge is -2.35. The van der Waals surface area contributed by atoms with Gasteiger partial charge < -0.3 is 4.74 Å². The highest BCUT2D eigenvalue weighted by Crippen LogP contribution is 2.30. The maximum atomic E-state index is 13.1. The van der Waals surface area contributed by atoms with Crippen molar-refractivity contribution < 1.29 is 17.5 Å². The van der Waals surface area contributed by atoms with Crippen molar-refractivity contribution in [2.75, 3.05) is 39.9 Å². The fraction of sp³-hybridized carbons (Fsp3) is 0.625. The summed E-state index contributed by atoms with van der Waals surface area (Å²) in [6.45, 7) is 3.46. The van der Waals surface area contributed by atoms with E-state index in [1.807, 2.05) is 0 Å². The van der Waals surface area contributed by atoms with Gasteiger partial charge in [-0.05, 0) is 43.0 Å². The van der Waals surface area contributed by atoms with Crippen LogP contribution in [0.15, 0.2) is 29.2 Å². The molecule has 3 fully saturated rings. The van der Waals surface area contributed by atoms with Gasteiger partial charge in [-0.25, -0.2) is 12.8 Å². The predicted octanol–water partition coefficient (Wildman–Crippen LogP) is 1.56. The van der Waals surface area contributed by atoms with Gasteiger partial charge in [-0.1, -0.05) is 0 Å². The molecule has 0 saturated carbocycles. The van der Waals surface area contributed by atoms with Crippen molar-refractivity contribution in [3.63, 3.8) is 0 Å². The molecule has 1 aromatic carbocycles. The first kappa shape index (κ1) is 16.8. The number of piperidine rings is 1. The Morgan fingerprint density at radius 1 is 1.17 bits per heavy atom. The minimum Gasteiger partial charge on any atom is -0.383 e. The third-order valence-electron chi connectivity index (χ3n) is 4.83. The molecule has 0 amide bonds. The lowest BCUT2D eigenvalue weighted by Crippen LogP contribution is -2.45. The van der Waals surface area contributed by atoms with E-state index in [1.54, 1.807) is 11.4 Å². The maximum Gasteiger partial charge on any atom is 0.243 e. The third kappa shape index (κ3) is 3.57. The second-order valence-electron chi connectivity index (χ2n) is 6.36. The molecule has 4 rings (SSSR count). The predicted molar refractivity (Wildman–Crippen MR) is 85.1 cm³/mol. The Morgan fingerprint density at radius 3 is 2.61 bits per heavy atom. The van der Waals surface area contributed by atoms with Crippen LogP contribution < -0.4 is 0 Å². The SMILES string of the molecule is COCCN1C[C@H]2CC[C@@H]1CN(S(=O)(=O)c1ccc(F)cc1)C2. The molecule has 2 bridgehead atoms. The Morgan fingerprint density at radius 2 is 1.91 bits per heavy atom. The van der Waals surface area contributed by atoms with Crippen LogP contribution in [0.5, 0.6) is 0 Å². The first-order valence-corrected chi connectivity index (χ1v) is 9.43. The Labute approximate surface area is 137 Å². The molecule has 5 nitrogen and oxygen atoms in total. The minimum absolute atomic E-state index is 0.170. The molecule has 0 unspecified atom stereocenters. The minimum atomic E-state index is -3.56. The zero-order chi connectivity index (χ0) is 16.4. The van der Waals surface area contributed by atoms with Crippen molar-refractivity contribution in [2.45, 2.75) is 23.8 Å². The Bertz CT molecular complexity index is 635. The summed E-state index contributed by atoms with van der Waals surface area (Å²) in [5.74, 6) is -0.0774. The number of hydrogen-bond acceptors (Lipinski definition) is 4. The van der Waals surface area contributed by atoms with Gasteiger partial charge in [0.05, 0.1) is 11.5 Å². The third-order valence-corrected chi connectivity index (χ3v) is 6.67. The first-order valence-electron chi connectivity index (χ1n) is 7.99. The Balaban J connectivity index is 1.80.